The first-order chi connectivity index (χ1) is 8.88. The van der Waals surface area contributed by atoms with E-state index >= 15 is 0 Å². The summed E-state index contributed by atoms with van der Waals surface area (Å²) >= 11 is 0. The summed E-state index contributed by atoms with van der Waals surface area (Å²) in [5.74, 6) is 0.993. The van der Waals surface area contributed by atoms with Crippen LogP contribution in [0.5, 0.6) is 5.75 Å². The second-order valence-electron chi connectivity index (χ2n) is 4.82. The number of rotatable bonds is 6. The Morgan fingerprint density at radius 2 is 2.06 bits per heavy atom. The van der Waals surface area contributed by atoms with Gasteiger partial charge in [0, 0.05) is 12.8 Å². The highest BCUT2D eigenvalue weighted by atomic mass is 16.5. The number of hydrogen-bond donors (Lipinski definition) is 1. The zero-order valence-electron chi connectivity index (χ0n) is 10.9. The van der Waals surface area contributed by atoms with Crippen LogP contribution in [-0.4, -0.2) is 25.9 Å². The highest BCUT2D eigenvalue weighted by molar-refractivity contribution is 5.28. The molecule has 0 amide bonds. The molecule has 0 aromatic heterocycles. The van der Waals surface area contributed by atoms with E-state index in [1.54, 1.807) is 0 Å². The molecule has 0 bridgehead atoms. The molecule has 0 atom stereocenters. The van der Waals surface area contributed by atoms with Crippen molar-refractivity contribution in [3.8, 4) is 5.75 Å². The molecule has 3 nitrogen and oxygen atoms in total. The maximum absolute atomic E-state index is 6.00. The van der Waals surface area contributed by atoms with E-state index in [1.807, 2.05) is 6.07 Å². The highest BCUT2D eigenvalue weighted by Crippen LogP contribution is 2.20. The van der Waals surface area contributed by atoms with Crippen LogP contribution in [0.25, 0.3) is 0 Å². The van der Waals surface area contributed by atoms with Crippen LogP contribution >= 0.6 is 0 Å². The zero-order valence-corrected chi connectivity index (χ0v) is 10.9. The summed E-state index contributed by atoms with van der Waals surface area (Å²) in [4.78, 5) is 0. The van der Waals surface area contributed by atoms with Crippen LogP contribution in [0.1, 0.15) is 31.2 Å². The Hall–Kier alpha value is -1.06. The van der Waals surface area contributed by atoms with Crippen molar-refractivity contribution in [2.24, 2.45) is 5.73 Å². The molecule has 0 spiro atoms. The average molecular weight is 249 g/mol. The lowest BCUT2D eigenvalue weighted by molar-refractivity contribution is 0.0255. The number of ether oxygens (including phenoxy) is 2. The zero-order chi connectivity index (χ0) is 12.6. The van der Waals surface area contributed by atoms with Gasteiger partial charge in [-0.2, -0.15) is 0 Å². The smallest absolute Gasteiger partial charge is 0.119 e. The van der Waals surface area contributed by atoms with Gasteiger partial charge in [0.05, 0.1) is 13.2 Å². The molecule has 1 aliphatic rings. The standard InChI is InChI=1S/C15H23NO2/c16-9-2-1-4-13-5-3-6-15(12-13)18-14-7-10-17-11-8-14/h3,5-6,12,14H,1-2,4,7-11,16H2. The predicted octanol–water partition coefficient (Wildman–Crippen LogP) is 2.53. The van der Waals surface area contributed by atoms with E-state index in [0.717, 1.165) is 57.6 Å². The van der Waals surface area contributed by atoms with Gasteiger partial charge in [-0.25, -0.2) is 0 Å². The van der Waals surface area contributed by atoms with Crippen molar-refractivity contribution in [1.29, 1.82) is 0 Å². The molecule has 1 aromatic carbocycles. The van der Waals surface area contributed by atoms with Crippen molar-refractivity contribution in [3.05, 3.63) is 29.8 Å². The summed E-state index contributed by atoms with van der Waals surface area (Å²) in [5.41, 5.74) is 6.85. The predicted molar refractivity (Wildman–Crippen MR) is 72.9 cm³/mol. The molecule has 0 aliphatic carbocycles. The summed E-state index contributed by atoms with van der Waals surface area (Å²) in [6.45, 7) is 2.42. The van der Waals surface area contributed by atoms with Gasteiger partial charge in [-0.3, -0.25) is 0 Å². The van der Waals surface area contributed by atoms with E-state index in [4.69, 9.17) is 15.2 Å². The van der Waals surface area contributed by atoms with Gasteiger partial charge in [0.15, 0.2) is 0 Å². The molecule has 1 fully saturated rings. The van der Waals surface area contributed by atoms with Crippen molar-refractivity contribution in [1.82, 2.24) is 0 Å². The molecule has 18 heavy (non-hydrogen) atoms. The minimum atomic E-state index is 0.318. The van der Waals surface area contributed by atoms with Gasteiger partial charge in [0.25, 0.3) is 0 Å². The quantitative estimate of drug-likeness (QED) is 0.788. The average Bonchev–Trinajstić information content (AvgIpc) is 2.41. The number of unbranched alkanes of at least 4 members (excludes halogenated alkanes) is 1. The van der Waals surface area contributed by atoms with Crippen molar-refractivity contribution in [3.63, 3.8) is 0 Å². The lowest BCUT2D eigenvalue weighted by atomic mass is 10.1. The molecule has 2 N–H and O–H groups in total. The van der Waals surface area contributed by atoms with Gasteiger partial charge in [-0.1, -0.05) is 12.1 Å². The molecule has 0 saturated carbocycles. The highest BCUT2D eigenvalue weighted by Gasteiger charge is 2.15. The number of hydrogen-bond acceptors (Lipinski definition) is 3. The minimum absolute atomic E-state index is 0.318. The number of aryl methyl sites for hydroxylation is 1. The maximum atomic E-state index is 6.00. The van der Waals surface area contributed by atoms with Crippen molar-refractivity contribution in [2.45, 2.75) is 38.2 Å². The van der Waals surface area contributed by atoms with Gasteiger partial charge in [-0.15, -0.1) is 0 Å². The fourth-order valence-corrected chi connectivity index (χ4v) is 2.23. The normalized spacial score (nSPS) is 16.7. The van der Waals surface area contributed by atoms with Crippen LogP contribution < -0.4 is 10.5 Å². The first-order valence-electron chi connectivity index (χ1n) is 6.92. The van der Waals surface area contributed by atoms with Crippen LogP contribution in [0, 0.1) is 0 Å². The monoisotopic (exact) mass is 249 g/mol. The lowest BCUT2D eigenvalue weighted by Gasteiger charge is -2.23. The molecular weight excluding hydrogens is 226 g/mol. The Labute approximate surface area is 109 Å². The van der Waals surface area contributed by atoms with Gasteiger partial charge in [-0.05, 0) is 43.5 Å². The van der Waals surface area contributed by atoms with Gasteiger partial charge >= 0.3 is 0 Å². The van der Waals surface area contributed by atoms with E-state index in [0.29, 0.717) is 6.10 Å². The molecule has 1 heterocycles. The third-order valence-electron chi connectivity index (χ3n) is 3.29. The Kier molecular flexibility index (Phi) is 5.49. The Bertz CT molecular complexity index is 348. The minimum Gasteiger partial charge on any atom is -0.490 e. The molecule has 1 aromatic rings. The first-order valence-corrected chi connectivity index (χ1v) is 6.92. The Balaban J connectivity index is 1.85. The molecule has 2 rings (SSSR count). The lowest BCUT2D eigenvalue weighted by Crippen LogP contribution is -2.25. The van der Waals surface area contributed by atoms with E-state index in [-0.39, 0.29) is 0 Å². The maximum Gasteiger partial charge on any atom is 0.119 e. The number of benzene rings is 1. The van der Waals surface area contributed by atoms with Crippen LogP contribution in [0.15, 0.2) is 24.3 Å². The molecule has 1 aliphatic heterocycles. The van der Waals surface area contributed by atoms with E-state index < -0.39 is 0 Å². The van der Waals surface area contributed by atoms with Crippen LogP contribution in [0.4, 0.5) is 0 Å². The molecule has 1 saturated heterocycles. The molecule has 0 unspecified atom stereocenters. The Morgan fingerprint density at radius 3 is 2.83 bits per heavy atom. The van der Waals surface area contributed by atoms with Crippen molar-refractivity contribution >= 4 is 0 Å². The van der Waals surface area contributed by atoms with Crippen LogP contribution in [0.3, 0.4) is 0 Å². The molecule has 100 valence electrons. The molecule has 0 radical (unpaired) electrons. The van der Waals surface area contributed by atoms with Gasteiger partial charge in [0.2, 0.25) is 0 Å². The third kappa shape index (κ3) is 4.31. The summed E-state index contributed by atoms with van der Waals surface area (Å²) in [5, 5.41) is 0. The Morgan fingerprint density at radius 1 is 1.22 bits per heavy atom. The summed E-state index contributed by atoms with van der Waals surface area (Å²) in [7, 11) is 0. The van der Waals surface area contributed by atoms with Crippen LogP contribution in [0.2, 0.25) is 0 Å². The topological polar surface area (TPSA) is 44.5 Å². The largest absolute Gasteiger partial charge is 0.490 e. The summed E-state index contributed by atoms with van der Waals surface area (Å²) in [6, 6.07) is 8.44. The van der Waals surface area contributed by atoms with Crippen LogP contribution in [-0.2, 0) is 11.2 Å². The second-order valence-corrected chi connectivity index (χ2v) is 4.82. The number of nitrogens with two attached hydrogens (primary N) is 1. The SMILES string of the molecule is NCCCCc1cccc(OC2CCOCC2)c1. The summed E-state index contributed by atoms with van der Waals surface area (Å²) < 4.78 is 11.3. The van der Waals surface area contributed by atoms with Gasteiger partial charge in [0.1, 0.15) is 11.9 Å². The van der Waals surface area contributed by atoms with Crippen molar-refractivity contribution < 1.29 is 9.47 Å². The summed E-state index contributed by atoms with van der Waals surface area (Å²) in [6.07, 6.45) is 5.64. The fourth-order valence-electron chi connectivity index (χ4n) is 2.23. The van der Waals surface area contributed by atoms with E-state index in [1.165, 1.54) is 5.56 Å². The second kappa shape index (κ2) is 7.39. The molecular formula is C15H23NO2. The van der Waals surface area contributed by atoms with Gasteiger partial charge < -0.3 is 15.2 Å². The van der Waals surface area contributed by atoms with E-state index in [9.17, 15) is 0 Å². The third-order valence-corrected chi connectivity index (χ3v) is 3.29. The van der Waals surface area contributed by atoms with Crippen molar-refractivity contribution in [2.75, 3.05) is 19.8 Å². The fraction of sp³-hybridized carbons (Fsp3) is 0.600. The first kappa shape index (κ1) is 13.4. The molecule has 3 heteroatoms. The van der Waals surface area contributed by atoms with E-state index in [2.05, 4.69) is 18.2 Å².